The molecular weight excluding hydrogens is 515 g/mol. The van der Waals surface area contributed by atoms with Crippen LogP contribution in [0.15, 0.2) is 140 Å². The molecule has 1 aromatic heterocycles. The van der Waals surface area contributed by atoms with E-state index < -0.39 is 0 Å². The fourth-order valence-electron chi connectivity index (χ4n) is 6.67. The maximum Gasteiger partial charge on any atom is 0.0640 e. The van der Waals surface area contributed by atoms with Gasteiger partial charge in [-0.25, -0.2) is 0 Å². The van der Waals surface area contributed by atoms with E-state index in [1.807, 2.05) is 11.3 Å². The second kappa shape index (κ2) is 9.19. The molecule has 196 valence electrons. The molecule has 7 aromatic rings. The van der Waals surface area contributed by atoms with Gasteiger partial charge in [-0.3, -0.25) is 0 Å². The lowest BCUT2D eigenvalue weighted by Gasteiger charge is -2.29. The van der Waals surface area contributed by atoms with Gasteiger partial charge in [-0.15, -0.1) is 11.3 Å². The van der Waals surface area contributed by atoms with E-state index in [1.54, 1.807) is 0 Å². The summed E-state index contributed by atoms with van der Waals surface area (Å²) in [4.78, 5) is 2.49. The van der Waals surface area contributed by atoms with E-state index in [0.29, 0.717) is 0 Å². The van der Waals surface area contributed by atoms with Gasteiger partial charge in [-0.1, -0.05) is 123 Å². The molecule has 6 aromatic carbocycles. The molecule has 41 heavy (non-hydrogen) atoms. The summed E-state index contributed by atoms with van der Waals surface area (Å²) >= 11 is 1.88. The summed E-state index contributed by atoms with van der Waals surface area (Å²) in [6.07, 6.45) is 0. The van der Waals surface area contributed by atoms with E-state index in [1.165, 1.54) is 64.9 Å². The highest BCUT2D eigenvalue weighted by molar-refractivity contribution is 7.26. The monoisotopic (exact) mass is 543 g/mol. The van der Waals surface area contributed by atoms with Crippen molar-refractivity contribution in [2.24, 2.45) is 0 Å². The minimum Gasteiger partial charge on any atom is -0.308 e. The highest BCUT2D eigenvalue weighted by Gasteiger charge is 2.37. The van der Waals surface area contributed by atoms with Gasteiger partial charge in [0.05, 0.1) is 16.1 Å². The van der Waals surface area contributed by atoms with Crippen molar-refractivity contribution in [1.29, 1.82) is 0 Å². The van der Waals surface area contributed by atoms with Crippen molar-refractivity contribution in [2.45, 2.75) is 19.3 Å². The molecule has 0 fully saturated rings. The standard InChI is InChI=1S/C39H29NS/c1-39(2)32-17-8-6-15-31(32)37-33(39)18-11-19-34(37)40(28-24-22-27(23-25-28)26-12-4-3-5-13-26)35-20-10-16-30-29-14-7-9-21-36(29)41-38(30)35/h3-25H,1-2H3. The summed E-state index contributed by atoms with van der Waals surface area (Å²) in [7, 11) is 0. The molecular formula is C39H29NS. The molecule has 1 nitrogen and oxygen atoms in total. The zero-order chi connectivity index (χ0) is 27.6. The number of hydrogen-bond acceptors (Lipinski definition) is 2. The smallest absolute Gasteiger partial charge is 0.0640 e. The van der Waals surface area contributed by atoms with Crippen LogP contribution >= 0.6 is 11.3 Å². The van der Waals surface area contributed by atoms with E-state index in [2.05, 4.69) is 158 Å². The first-order chi connectivity index (χ1) is 20.1. The minimum absolute atomic E-state index is 0.0611. The maximum absolute atomic E-state index is 2.49. The van der Waals surface area contributed by atoms with Crippen LogP contribution in [0.4, 0.5) is 17.1 Å². The number of hydrogen-bond donors (Lipinski definition) is 0. The summed E-state index contributed by atoms with van der Waals surface area (Å²) in [6, 6.07) is 51.0. The number of benzene rings is 6. The number of nitrogens with zero attached hydrogens (tertiary/aromatic N) is 1. The average molecular weight is 544 g/mol. The second-order valence-corrected chi connectivity index (χ2v) is 12.4. The molecule has 0 amide bonds. The Balaban J connectivity index is 1.41. The van der Waals surface area contributed by atoms with Gasteiger partial charge in [0.1, 0.15) is 0 Å². The van der Waals surface area contributed by atoms with Crippen LogP contribution in [0.3, 0.4) is 0 Å². The summed E-state index contributed by atoms with van der Waals surface area (Å²) in [6.45, 7) is 4.71. The zero-order valence-electron chi connectivity index (χ0n) is 23.1. The Kier molecular flexibility index (Phi) is 5.42. The predicted molar refractivity (Wildman–Crippen MR) is 177 cm³/mol. The Morgan fingerprint density at radius 1 is 0.512 bits per heavy atom. The van der Waals surface area contributed by atoms with Gasteiger partial charge < -0.3 is 4.90 Å². The average Bonchev–Trinajstić information content (AvgIpc) is 3.52. The molecule has 0 saturated heterocycles. The van der Waals surface area contributed by atoms with E-state index in [-0.39, 0.29) is 5.41 Å². The van der Waals surface area contributed by atoms with Crippen LogP contribution in [0.5, 0.6) is 0 Å². The molecule has 0 radical (unpaired) electrons. The first-order valence-corrected chi connectivity index (χ1v) is 15.0. The molecule has 8 rings (SSSR count). The van der Waals surface area contributed by atoms with Crippen LogP contribution in [0.2, 0.25) is 0 Å². The number of fused-ring (bicyclic) bond motifs is 6. The van der Waals surface area contributed by atoms with Crippen molar-refractivity contribution < 1.29 is 0 Å². The lowest BCUT2D eigenvalue weighted by Crippen LogP contribution is -2.16. The summed E-state index contributed by atoms with van der Waals surface area (Å²) in [5.41, 5.74) is 11.4. The van der Waals surface area contributed by atoms with Gasteiger partial charge >= 0.3 is 0 Å². The third-order valence-corrected chi connectivity index (χ3v) is 9.89. The van der Waals surface area contributed by atoms with Crippen LogP contribution in [0, 0.1) is 0 Å². The molecule has 2 heteroatoms. The van der Waals surface area contributed by atoms with Gasteiger partial charge in [-0.05, 0) is 58.1 Å². The van der Waals surface area contributed by atoms with E-state index in [9.17, 15) is 0 Å². The molecule has 0 saturated carbocycles. The quantitative estimate of drug-likeness (QED) is 0.213. The van der Waals surface area contributed by atoms with E-state index >= 15 is 0 Å². The number of rotatable bonds is 4. The second-order valence-electron chi connectivity index (χ2n) is 11.4. The van der Waals surface area contributed by atoms with Gasteiger partial charge in [0.15, 0.2) is 0 Å². The van der Waals surface area contributed by atoms with Crippen molar-refractivity contribution in [1.82, 2.24) is 0 Å². The number of thiophene rings is 1. The van der Waals surface area contributed by atoms with Crippen LogP contribution in [-0.4, -0.2) is 0 Å². The van der Waals surface area contributed by atoms with Crippen molar-refractivity contribution in [3.8, 4) is 22.3 Å². The molecule has 0 bridgehead atoms. The highest BCUT2D eigenvalue weighted by Crippen LogP contribution is 2.55. The van der Waals surface area contributed by atoms with Crippen LogP contribution < -0.4 is 4.90 Å². The van der Waals surface area contributed by atoms with Crippen molar-refractivity contribution in [2.75, 3.05) is 4.90 Å². The first kappa shape index (κ1) is 24.2. The van der Waals surface area contributed by atoms with E-state index in [4.69, 9.17) is 0 Å². The maximum atomic E-state index is 2.49. The molecule has 1 heterocycles. The van der Waals surface area contributed by atoms with Gasteiger partial charge in [0.25, 0.3) is 0 Å². The molecule has 1 aliphatic rings. The van der Waals surface area contributed by atoms with Crippen LogP contribution in [0.25, 0.3) is 42.4 Å². The topological polar surface area (TPSA) is 3.24 Å². The molecule has 1 aliphatic carbocycles. The molecule has 0 atom stereocenters. The SMILES string of the molecule is CC1(C)c2ccccc2-c2c(N(c3ccc(-c4ccccc4)cc3)c3cccc4c3sc3ccccc34)cccc21. The van der Waals surface area contributed by atoms with Gasteiger partial charge in [-0.2, -0.15) is 0 Å². The Morgan fingerprint density at radius 3 is 2.00 bits per heavy atom. The lowest BCUT2D eigenvalue weighted by molar-refractivity contribution is 0.660. The van der Waals surface area contributed by atoms with E-state index in [0.717, 1.165) is 5.69 Å². The lowest BCUT2D eigenvalue weighted by atomic mass is 9.82. The predicted octanol–water partition coefficient (Wildman–Crippen LogP) is 11.5. The molecule has 0 spiro atoms. The molecule has 0 aliphatic heterocycles. The normalized spacial score (nSPS) is 13.3. The van der Waals surface area contributed by atoms with Gasteiger partial charge in [0, 0.05) is 32.1 Å². The Morgan fingerprint density at radius 2 is 1.15 bits per heavy atom. The zero-order valence-corrected chi connectivity index (χ0v) is 24.0. The van der Waals surface area contributed by atoms with Gasteiger partial charge in [0.2, 0.25) is 0 Å². The molecule has 0 N–H and O–H groups in total. The summed E-state index contributed by atoms with van der Waals surface area (Å²) in [5, 5.41) is 2.63. The number of anilines is 3. The highest BCUT2D eigenvalue weighted by atomic mass is 32.1. The summed E-state index contributed by atoms with van der Waals surface area (Å²) in [5.74, 6) is 0. The largest absolute Gasteiger partial charge is 0.308 e. The summed E-state index contributed by atoms with van der Waals surface area (Å²) < 4.78 is 2.63. The van der Waals surface area contributed by atoms with Crippen LogP contribution in [-0.2, 0) is 5.41 Å². The Bertz CT molecular complexity index is 2070. The van der Waals surface area contributed by atoms with Crippen molar-refractivity contribution >= 4 is 48.6 Å². The van der Waals surface area contributed by atoms with Crippen LogP contribution in [0.1, 0.15) is 25.0 Å². The third kappa shape index (κ3) is 3.68. The third-order valence-electron chi connectivity index (χ3n) is 8.68. The Hall–Kier alpha value is -4.66. The van der Waals surface area contributed by atoms with Crippen molar-refractivity contribution in [3.63, 3.8) is 0 Å². The Labute approximate surface area is 245 Å². The fraction of sp³-hybridized carbons (Fsp3) is 0.0769. The minimum atomic E-state index is -0.0611. The van der Waals surface area contributed by atoms with Crippen molar-refractivity contribution in [3.05, 3.63) is 151 Å². The fourth-order valence-corrected chi connectivity index (χ4v) is 7.88. The first-order valence-electron chi connectivity index (χ1n) is 14.2. The molecule has 0 unspecified atom stereocenters.